The van der Waals surface area contributed by atoms with Crippen molar-refractivity contribution in [1.29, 1.82) is 0 Å². The molecule has 2 N–H and O–H groups in total. The van der Waals surface area contributed by atoms with E-state index in [1.54, 1.807) is 0 Å². The van der Waals surface area contributed by atoms with Crippen LogP contribution in [0, 0.1) is 5.92 Å². The van der Waals surface area contributed by atoms with Gasteiger partial charge in [-0.15, -0.1) is 0 Å². The van der Waals surface area contributed by atoms with Crippen molar-refractivity contribution in [2.24, 2.45) is 5.92 Å². The average molecular weight is 298 g/mol. The zero-order valence-corrected chi connectivity index (χ0v) is 12.9. The minimum atomic E-state index is -0.647. The van der Waals surface area contributed by atoms with Gasteiger partial charge in [0.1, 0.15) is 0 Å². The number of piperidine rings is 1. The van der Waals surface area contributed by atoms with Crippen molar-refractivity contribution in [2.75, 3.05) is 13.1 Å². The van der Waals surface area contributed by atoms with E-state index in [2.05, 4.69) is 41.2 Å². The van der Waals surface area contributed by atoms with Crippen molar-refractivity contribution in [1.82, 2.24) is 9.88 Å². The van der Waals surface area contributed by atoms with Crippen LogP contribution in [-0.2, 0) is 11.2 Å². The zero-order chi connectivity index (χ0) is 15.3. The van der Waals surface area contributed by atoms with Crippen molar-refractivity contribution in [2.45, 2.75) is 38.1 Å². The van der Waals surface area contributed by atoms with Gasteiger partial charge < -0.3 is 10.1 Å². The molecule has 0 spiro atoms. The third-order valence-corrected chi connectivity index (χ3v) is 5.44. The minimum Gasteiger partial charge on any atom is -0.481 e. The first-order valence-corrected chi connectivity index (χ1v) is 8.24. The van der Waals surface area contributed by atoms with Crippen molar-refractivity contribution in [3.8, 4) is 0 Å². The fourth-order valence-electron chi connectivity index (χ4n) is 4.52. The van der Waals surface area contributed by atoms with Gasteiger partial charge in [0.05, 0.1) is 5.92 Å². The average Bonchev–Trinajstić information content (AvgIpc) is 2.93. The number of aromatic nitrogens is 1. The highest BCUT2D eigenvalue weighted by Gasteiger charge is 2.42. The van der Waals surface area contributed by atoms with Gasteiger partial charge in [-0.3, -0.25) is 9.69 Å². The molecule has 2 aliphatic rings. The van der Waals surface area contributed by atoms with Crippen LogP contribution < -0.4 is 0 Å². The maximum atomic E-state index is 11.6. The molecule has 116 valence electrons. The van der Waals surface area contributed by atoms with Crippen LogP contribution in [0.2, 0.25) is 0 Å². The lowest BCUT2D eigenvalue weighted by atomic mass is 9.72. The summed E-state index contributed by atoms with van der Waals surface area (Å²) in [7, 11) is 0. The van der Waals surface area contributed by atoms with Crippen molar-refractivity contribution in [3.05, 3.63) is 35.5 Å². The minimum absolute atomic E-state index is 0.247. The number of nitrogens with zero attached hydrogens (tertiary/aromatic N) is 1. The molecule has 1 aliphatic carbocycles. The number of fused-ring (bicyclic) bond motifs is 2. The van der Waals surface area contributed by atoms with E-state index in [0.29, 0.717) is 18.5 Å². The number of likely N-dealkylation sites (tertiary alicyclic amines) is 1. The Kier molecular flexibility index (Phi) is 3.22. The highest BCUT2D eigenvalue weighted by Crippen LogP contribution is 2.44. The fourth-order valence-corrected chi connectivity index (χ4v) is 4.52. The van der Waals surface area contributed by atoms with Crippen LogP contribution in [0.1, 0.15) is 36.8 Å². The molecule has 0 bridgehead atoms. The molecule has 4 nitrogen and oxygen atoms in total. The number of hydrogen-bond donors (Lipinski definition) is 2. The summed E-state index contributed by atoms with van der Waals surface area (Å²) in [5, 5.41) is 10.9. The second-order valence-corrected chi connectivity index (χ2v) is 6.73. The van der Waals surface area contributed by atoms with Gasteiger partial charge in [-0.25, -0.2) is 0 Å². The van der Waals surface area contributed by atoms with E-state index in [1.165, 1.54) is 22.0 Å². The molecule has 22 heavy (non-hydrogen) atoms. The molecule has 4 heteroatoms. The Morgan fingerprint density at radius 1 is 1.45 bits per heavy atom. The summed E-state index contributed by atoms with van der Waals surface area (Å²) in [5.41, 5.74) is 3.92. The Hall–Kier alpha value is -1.81. The van der Waals surface area contributed by atoms with Gasteiger partial charge in [0, 0.05) is 35.6 Å². The number of aliphatic carboxylic acids is 1. The maximum absolute atomic E-state index is 11.6. The molecule has 0 saturated carbocycles. The second kappa shape index (κ2) is 5.13. The van der Waals surface area contributed by atoms with E-state index in [-0.39, 0.29) is 5.92 Å². The number of nitrogens with one attached hydrogen (secondary N) is 1. The number of benzene rings is 1. The van der Waals surface area contributed by atoms with Crippen LogP contribution in [0.3, 0.4) is 0 Å². The molecule has 2 aromatic rings. The van der Waals surface area contributed by atoms with Crippen molar-refractivity contribution < 1.29 is 9.90 Å². The van der Waals surface area contributed by atoms with Crippen molar-refractivity contribution >= 4 is 16.9 Å². The third kappa shape index (κ3) is 1.97. The predicted molar refractivity (Wildman–Crippen MR) is 86.1 cm³/mol. The number of hydrogen-bond acceptors (Lipinski definition) is 2. The van der Waals surface area contributed by atoms with E-state index in [0.717, 1.165) is 25.8 Å². The van der Waals surface area contributed by atoms with Crippen LogP contribution in [0.15, 0.2) is 24.4 Å². The number of carbonyl (C=O) groups is 1. The number of carboxylic acid groups (broad SMARTS) is 1. The van der Waals surface area contributed by atoms with Gasteiger partial charge in [-0.1, -0.05) is 19.1 Å². The van der Waals surface area contributed by atoms with Gasteiger partial charge in [0.15, 0.2) is 0 Å². The van der Waals surface area contributed by atoms with E-state index >= 15 is 0 Å². The number of H-pyrrole nitrogens is 1. The highest BCUT2D eigenvalue weighted by atomic mass is 16.4. The predicted octanol–water partition coefficient (Wildman–Crippen LogP) is 2.99. The van der Waals surface area contributed by atoms with Gasteiger partial charge in [-0.05, 0) is 43.0 Å². The lowest BCUT2D eigenvalue weighted by molar-refractivity contribution is -0.144. The van der Waals surface area contributed by atoms with E-state index in [9.17, 15) is 9.90 Å². The summed E-state index contributed by atoms with van der Waals surface area (Å²) in [6.45, 7) is 3.85. The molecular weight excluding hydrogens is 276 g/mol. The monoisotopic (exact) mass is 298 g/mol. The molecule has 1 fully saturated rings. The van der Waals surface area contributed by atoms with Gasteiger partial charge >= 0.3 is 5.97 Å². The van der Waals surface area contributed by atoms with Gasteiger partial charge in [-0.2, -0.15) is 0 Å². The van der Waals surface area contributed by atoms with Crippen LogP contribution in [0.25, 0.3) is 10.9 Å². The second-order valence-electron chi connectivity index (χ2n) is 6.73. The lowest BCUT2D eigenvalue weighted by Gasteiger charge is -2.46. The largest absolute Gasteiger partial charge is 0.481 e. The van der Waals surface area contributed by atoms with Crippen LogP contribution in [-0.4, -0.2) is 40.1 Å². The summed E-state index contributed by atoms with van der Waals surface area (Å²) in [6, 6.07) is 6.86. The Morgan fingerprint density at radius 2 is 2.32 bits per heavy atom. The molecule has 4 rings (SSSR count). The highest BCUT2D eigenvalue weighted by molar-refractivity contribution is 5.88. The quantitative estimate of drug-likeness (QED) is 0.916. The molecule has 1 aromatic carbocycles. The number of aromatic amines is 1. The third-order valence-electron chi connectivity index (χ3n) is 5.44. The Morgan fingerprint density at radius 3 is 3.09 bits per heavy atom. The number of carboxylic acids is 1. The molecule has 1 saturated heterocycles. The van der Waals surface area contributed by atoms with Crippen LogP contribution in [0.4, 0.5) is 0 Å². The first-order chi connectivity index (χ1) is 10.7. The van der Waals surface area contributed by atoms with Gasteiger partial charge in [0.25, 0.3) is 0 Å². The summed E-state index contributed by atoms with van der Waals surface area (Å²) in [4.78, 5) is 17.4. The summed E-state index contributed by atoms with van der Waals surface area (Å²) in [5.74, 6) is -0.552. The first kappa shape index (κ1) is 13.8. The summed E-state index contributed by atoms with van der Waals surface area (Å²) in [6.07, 6.45) is 5.01. The topological polar surface area (TPSA) is 56.3 Å². The molecular formula is C18H22N2O2. The smallest absolute Gasteiger partial charge is 0.307 e. The summed E-state index contributed by atoms with van der Waals surface area (Å²) < 4.78 is 0. The summed E-state index contributed by atoms with van der Waals surface area (Å²) >= 11 is 0. The van der Waals surface area contributed by atoms with E-state index in [1.807, 2.05) is 0 Å². The molecule has 1 aromatic heterocycles. The fraction of sp³-hybridized carbons (Fsp3) is 0.500. The Bertz CT molecular complexity index is 721. The normalized spacial score (nSPS) is 27.8. The molecule has 3 atom stereocenters. The van der Waals surface area contributed by atoms with Crippen molar-refractivity contribution in [3.63, 3.8) is 0 Å². The Labute approximate surface area is 130 Å². The molecule has 1 aliphatic heterocycles. The van der Waals surface area contributed by atoms with E-state index in [4.69, 9.17) is 0 Å². The lowest BCUT2D eigenvalue weighted by Crippen LogP contribution is -2.51. The van der Waals surface area contributed by atoms with E-state index < -0.39 is 5.97 Å². The molecule has 0 radical (unpaired) electrons. The molecule has 2 heterocycles. The maximum Gasteiger partial charge on any atom is 0.307 e. The van der Waals surface area contributed by atoms with Crippen LogP contribution in [0.5, 0.6) is 0 Å². The van der Waals surface area contributed by atoms with Crippen LogP contribution >= 0.6 is 0 Å². The zero-order valence-electron chi connectivity index (χ0n) is 12.9. The standard InChI is InChI=1S/C18H22N2O2/c1-2-6-20-10-12(18(21)22)7-14-13-4-3-5-15-17(13)11(9-19-15)8-16(14)20/h3-5,9,12,14,16,19H,2,6-8,10H2,1H3,(H,21,22)/t12-,14-,16-/m1/s1. The Balaban J connectivity index is 1.80. The number of rotatable bonds is 3. The molecule has 0 unspecified atom stereocenters. The van der Waals surface area contributed by atoms with Gasteiger partial charge in [0.2, 0.25) is 0 Å². The SMILES string of the molecule is CCCN1C[C@H](C(=O)O)C[C@@H]2c3cccc4[nH]cc(c34)C[C@H]21. The first-order valence-electron chi connectivity index (χ1n) is 8.24. The molecule has 0 amide bonds.